The summed E-state index contributed by atoms with van der Waals surface area (Å²) in [6.07, 6.45) is 7.63. The van der Waals surface area contributed by atoms with Crippen molar-refractivity contribution in [2.45, 2.75) is 30.7 Å². The van der Waals surface area contributed by atoms with Crippen molar-refractivity contribution in [1.29, 1.82) is 0 Å². The summed E-state index contributed by atoms with van der Waals surface area (Å²) in [4.78, 5) is 29.4. The van der Waals surface area contributed by atoms with Crippen LogP contribution in [0.5, 0.6) is 0 Å². The van der Waals surface area contributed by atoms with Gasteiger partial charge in [-0.15, -0.1) is 0 Å². The lowest BCUT2D eigenvalue weighted by Gasteiger charge is -2.42. The van der Waals surface area contributed by atoms with Crippen LogP contribution < -0.4 is 5.32 Å². The SMILES string of the molecule is Cn1cc([C@@H]2CC(=O)NC23CCN(C(=O)c2ccc[nH]2)CC3)cn1. The number of hydrogen-bond donors (Lipinski definition) is 2. The molecular weight excluding hydrogens is 306 g/mol. The molecule has 7 nitrogen and oxygen atoms in total. The predicted molar refractivity (Wildman–Crippen MR) is 87.4 cm³/mol. The number of carbonyl (C=O) groups excluding carboxylic acids is 2. The first-order valence-electron chi connectivity index (χ1n) is 8.30. The van der Waals surface area contributed by atoms with E-state index < -0.39 is 0 Å². The molecule has 0 radical (unpaired) electrons. The van der Waals surface area contributed by atoms with E-state index in [9.17, 15) is 9.59 Å². The number of aromatic amines is 1. The van der Waals surface area contributed by atoms with Crippen LogP contribution in [0.15, 0.2) is 30.7 Å². The molecule has 0 aliphatic carbocycles. The summed E-state index contributed by atoms with van der Waals surface area (Å²) in [5.41, 5.74) is 1.46. The highest BCUT2D eigenvalue weighted by Gasteiger charge is 2.49. The zero-order valence-corrected chi connectivity index (χ0v) is 13.7. The molecule has 2 aliphatic heterocycles. The molecule has 0 unspecified atom stereocenters. The van der Waals surface area contributed by atoms with Crippen LogP contribution in [0.3, 0.4) is 0 Å². The zero-order chi connectivity index (χ0) is 16.7. The molecule has 2 amide bonds. The number of nitrogens with one attached hydrogen (secondary N) is 2. The van der Waals surface area contributed by atoms with Gasteiger partial charge in [0.2, 0.25) is 5.91 Å². The second-order valence-electron chi connectivity index (χ2n) is 6.78. The molecule has 2 aliphatic rings. The van der Waals surface area contributed by atoms with E-state index in [0.29, 0.717) is 25.2 Å². The van der Waals surface area contributed by atoms with Gasteiger partial charge in [-0.3, -0.25) is 14.3 Å². The molecule has 7 heteroatoms. The number of H-pyrrole nitrogens is 1. The summed E-state index contributed by atoms with van der Waals surface area (Å²) in [7, 11) is 1.89. The highest BCUT2D eigenvalue weighted by atomic mass is 16.2. The Bertz CT molecular complexity index is 756. The minimum Gasteiger partial charge on any atom is -0.357 e. The maximum atomic E-state index is 12.5. The molecule has 1 atom stereocenters. The van der Waals surface area contributed by atoms with E-state index in [1.165, 1.54) is 0 Å². The number of nitrogens with zero attached hydrogens (tertiary/aromatic N) is 3. The lowest BCUT2D eigenvalue weighted by Crippen LogP contribution is -2.54. The van der Waals surface area contributed by atoms with Crippen molar-refractivity contribution >= 4 is 11.8 Å². The van der Waals surface area contributed by atoms with E-state index in [1.807, 2.05) is 30.4 Å². The molecule has 2 saturated heterocycles. The minimum atomic E-state index is -0.257. The molecule has 0 bridgehead atoms. The van der Waals surface area contributed by atoms with Crippen molar-refractivity contribution in [3.63, 3.8) is 0 Å². The average Bonchev–Trinajstić information content (AvgIpc) is 3.28. The highest BCUT2D eigenvalue weighted by molar-refractivity contribution is 5.92. The van der Waals surface area contributed by atoms with E-state index in [0.717, 1.165) is 18.4 Å². The molecule has 2 aromatic heterocycles. The molecule has 1 spiro atoms. The van der Waals surface area contributed by atoms with Gasteiger partial charge in [-0.25, -0.2) is 0 Å². The standard InChI is InChI=1S/C17H21N5O2/c1-21-11-12(10-19-21)13-9-15(23)20-17(13)4-7-22(8-5-17)16(24)14-3-2-6-18-14/h2-3,6,10-11,13,18H,4-5,7-9H2,1H3,(H,20,23)/t13-/m0/s1. The van der Waals surface area contributed by atoms with Crippen LogP contribution in [0.2, 0.25) is 0 Å². The van der Waals surface area contributed by atoms with Gasteiger partial charge in [-0.05, 0) is 30.5 Å². The molecule has 0 aromatic carbocycles. The summed E-state index contributed by atoms with van der Waals surface area (Å²) < 4.78 is 1.77. The summed E-state index contributed by atoms with van der Waals surface area (Å²) in [6, 6.07) is 3.62. The van der Waals surface area contributed by atoms with Gasteiger partial charge in [-0.1, -0.05) is 0 Å². The summed E-state index contributed by atoms with van der Waals surface area (Å²) in [6.45, 7) is 1.30. The fourth-order valence-electron chi connectivity index (χ4n) is 4.07. The fraction of sp³-hybridized carbons (Fsp3) is 0.471. The first-order chi connectivity index (χ1) is 11.6. The third-order valence-electron chi connectivity index (χ3n) is 5.34. The first kappa shape index (κ1) is 15.0. The van der Waals surface area contributed by atoms with Crippen LogP contribution >= 0.6 is 0 Å². The summed E-state index contributed by atoms with van der Waals surface area (Å²) in [5, 5.41) is 7.45. The maximum Gasteiger partial charge on any atom is 0.270 e. The number of amides is 2. The Morgan fingerprint density at radius 3 is 2.79 bits per heavy atom. The Morgan fingerprint density at radius 2 is 2.17 bits per heavy atom. The molecule has 0 saturated carbocycles. The van der Waals surface area contributed by atoms with Crippen molar-refractivity contribution in [3.8, 4) is 0 Å². The fourth-order valence-corrected chi connectivity index (χ4v) is 4.07. The van der Waals surface area contributed by atoms with E-state index in [-0.39, 0.29) is 23.3 Å². The Labute approximate surface area is 140 Å². The number of piperidine rings is 1. The quantitative estimate of drug-likeness (QED) is 0.864. The van der Waals surface area contributed by atoms with Crippen molar-refractivity contribution < 1.29 is 9.59 Å². The second kappa shape index (κ2) is 5.51. The minimum absolute atomic E-state index is 0.0251. The zero-order valence-electron chi connectivity index (χ0n) is 13.7. The smallest absolute Gasteiger partial charge is 0.270 e. The second-order valence-corrected chi connectivity index (χ2v) is 6.78. The predicted octanol–water partition coefficient (Wildman–Crippen LogP) is 1.03. The Balaban J connectivity index is 1.52. The van der Waals surface area contributed by atoms with Crippen LogP contribution in [0, 0.1) is 0 Å². The van der Waals surface area contributed by atoms with Gasteiger partial charge in [-0.2, -0.15) is 5.10 Å². The Kier molecular flexibility index (Phi) is 3.44. The molecule has 2 fully saturated rings. The number of hydrogen-bond acceptors (Lipinski definition) is 3. The van der Waals surface area contributed by atoms with Gasteiger partial charge in [0.05, 0.1) is 11.7 Å². The average molecular weight is 327 g/mol. The molecular formula is C17H21N5O2. The number of likely N-dealkylation sites (tertiary alicyclic amines) is 1. The van der Waals surface area contributed by atoms with Gasteiger partial charge in [0.25, 0.3) is 5.91 Å². The summed E-state index contributed by atoms with van der Waals surface area (Å²) >= 11 is 0. The molecule has 126 valence electrons. The van der Waals surface area contributed by atoms with Gasteiger partial charge in [0.15, 0.2) is 0 Å². The molecule has 4 rings (SSSR count). The topological polar surface area (TPSA) is 83.0 Å². The van der Waals surface area contributed by atoms with Gasteiger partial charge in [0.1, 0.15) is 5.69 Å². The first-order valence-corrected chi connectivity index (χ1v) is 8.30. The number of rotatable bonds is 2. The molecule has 24 heavy (non-hydrogen) atoms. The lowest BCUT2D eigenvalue weighted by atomic mass is 9.75. The Hall–Kier alpha value is -2.57. The van der Waals surface area contributed by atoms with Crippen molar-refractivity contribution in [3.05, 3.63) is 42.0 Å². The van der Waals surface area contributed by atoms with Crippen LogP contribution in [-0.2, 0) is 11.8 Å². The van der Waals surface area contributed by atoms with Crippen LogP contribution in [0.25, 0.3) is 0 Å². The third-order valence-corrected chi connectivity index (χ3v) is 5.34. The van der Waals surface area contributed by atoms with Gasteiger partial charge >= 0.3 is 0 Å². The molecule has 4 heterocycles. The van der Waals surface area contributed by atoms with Crippen molar-refractivity contribution in [2.24, 2.45) is 7.05 Å². The largest absolute Gasteiger partial charge is 0.357 e. The molecule has 2 aromatic rings. The van der Waals surface area contributed by atoms with E-state index >= 15 is 0 Å². The maximum absolute atomic E-state index is 12.5. The highest BCUT2D eigenvalue weighted by Crippen LogP contribution is 2.43. The van der Waals surface area contributed by atoms with Crippen LogP contribution in [0.4, 0.5) is 0 Å². The monoisotopic (exact) mass is 327 g/mol. The third kappa shape index (κ3) is 2.40. The van der Waals surface area contributed by atoms with Gasteiger partial charge < -0.3 is 15.2 Å². The van der Waals surface area contributed by atoms with Crippen LogP contribution in [-0.4, -0.2) is 50.1 Å². The lowest BCUT2D eigenvalue weighted by molar-refractivity contribution is -0.120. The van der Waals surface area contributed by atoms with E-state index in [1.54, 1.807) is 16.9 Å². The van der Waals surface area contributed by atoms with Crippen molar-refractivity contribution in [2.75, 3.05) is 13.1 Å². The van der Waals surface area contributed by atoms with Gasteiger partial charge in [0, 0.05) is 44.9 Å². The summed E-state index contributed by atoms with van der Waals surface area (Å²) in [5.74, 6) is 0.242. The number of carbonyl (C=O) groups is 2. The van der Waals surface area contributed by atoms with Crippen molar-refractivity contribution in [1.82, 2.24) is 25.0 Å². The Morgan fingerprint density at radius 1 is 1.38 bits per heavy atom. The van der Waals surface area contributed by atoms with Crippen LogP contribution in [0.1, 0.15) is 41.2 Å². The van der Waals surface area contributed by atoms with E-state index in [4.69, 9.17) is 0 Å². The molecule has 2 N–H and O–H groups in total. The van der Waals surface area contributed by atoms with E-state index in [2.05, 4.69) is 15.4 Å². The normalized spacial score (nSPS) is 22.8. The number of aryl methyl sites for hydroxylation is 1. The number of aromatic nitrogens is 3.